The maximum Gasteiger partial charge on any atom is 0.137 e. The summed E-state index contributed by atoms with van der Waals surface area (Å²) < 4.78 is 0. The van der Waals surface area contributed by atoms with Crippen LogP contribution in [0.5, 0.6) is 0 Å². The first kappa shape index (κ1) is 14.1. The van der Waals surface area contributed by atoms with Crippen molar-refractivity contribution in [1.82, 2.24) is 9.97 Å². The molecule has 1 saturated heterocycles. The Kier molecular flexibility index (Phi) is 4.27. The monoisotopic (exact) mass is 262 g/mol. The van der Waals surface area contributed by atoms with Crippen LogP contribution in [0.1, 0.15) is 52.0 Å². The van der Waals surface area contributed by atoms with Gasteiger partial charge in [-0.05, 0) is 31.6 Å². The highest BCUT2D eigenvalue weighted by molar-refractivity contribution is 5.60. The van der Waals surface area contributed by atoms with Crippen molar-refractivity contribution in [2.24, 2.45) is 5.92 Å². The van der Waals surface area contributed by atoms with Crippen LogP contribution in [-0.4, -0.2) is 29.6 Å². The molecule has 1 aromatic heterocycles. The maximum atomic E-state index is 4.59. The summed E-state index contributed by atoms with van der Waals surface area (Å²) in [4.78, 5) is 11.4. The molecule has 0 amide bonds. The Hall–Kier alpha value is -1.32. The molecule has 4 nitrogen and oxygen atoms in total. The SMILES string of the molecule is CNc1ncnc(N2CC(C)CCC2C)c1C(C)C. The molecule has 1 N–H and O–H groups in total. The molecule has 0 saturated carbocycles. The zero-order chi connectivity index (χ0) is 14.0. The van der Waals surface area contributed by atoms with E-state index in [9.17, 15) is 0 Å². The van der Waals surface area contributed by atoms with Crippen LogP contribution in [0.2, 0.25) is 0 Å². The number of nitrogens with zero attached hydrogens (tertiary/aromatic N) is 3. The van der Waals surface area contributed by atoms with Crippen LogP contribution in [0, 0.1) is 5.92 Å². The molecule has 2 heterocycles. The molecule has 1 aliphatic rings. The zero-order valence-electron chi connectivity index (χ0n) is 12.8. The number of anilines is 2. The maximum absolute atomic E-state index is 4.59. The number of hydrogen-bond acceptors (Lipinski definition) is 4. The van der Waals surface area contributed by atoms with E-state index in [-0.39, 0.29) is 0 Å². The van der Waals surface area contributed by atoms with E-state index >= 15 is 0 Å². The standard InChI is InChI=1S/C15H26N4/c1-10(2)13-14(16-5)17-9-18-15(13)19-8-11(3)6-7-12(19)4/h9-12H,6-8H2,1-5H3,(H,16,17,18). The van der Waals surface area contributed by atoms with Crippen LogP contribution in [0.15, 0.2) is 6.33 Å². The van der Waals surface area contributed by atoms with Crippen LogP contribution < -0.4 is 10.2 Å². The molecule has 0 aromatic carbocycles. The topological polar surface area (TPSA) is 41.1 Å². The average molecular weight is 262 g/mol. The first-order valence-electron chi connectivity index (χ1n) is 7.33. The van der Waals surface area contributed by atoms with Gasteiger partial charge in [0, 0.05) is 25.2 Å². The van der Waals surface area contributed by atoms with Gasteiger partial charge in [-0.2, -0.15) is 0 Å². The van der Waals surface area contributed by atoms with Crippen molar-refractivity contribution in [3.63, 3.8) is 0 Å². The van der Waals surface area contributed by atoms with E-state index in [1.54, 1.807) is 6.33 Å². The van der Waals surface area contributed by atoms with Gasteiger partial charge in [-0.3, -0.25) is 0 Å². The minimum absolute atomic E-state index is 0.420. The van der Waals surface area contributed by atoms with Gasteiger partial charge in [-0.1, -0.05) is 20.8 Å². The molecule has 0 spiro atoms. The number of piperidine rings is 1. The summed E-state index contributed by atoms with van der Waals surface area (Å²) in [6, 6.07) is 0.563. The van der Waals surface area contributed by atoms with Crippen molar-refractivity contribution >= 4 is 11.6 Å². The summed E-state index contributed by atoms with van der Waals surface area (Å²) in [5.74, 6) is 3.24. The number of rotatable bonds is 3. The molecule has 1 aliphatic heterocycles. The predicted octanol–water partition coefficient (Wildman–Crippen LogP) is 3.27. The molecule has 0 radical (unpaired) electrons. The number of aromatic nitrogens is 2. The summed E-state index contributed by atoms with van der Waals surface area (Å²) in [5.41, 5.74) is 1.24. The van der Waals surface area contributed by atoms with Gasteiger partial charge in [0.1, 0.15) is 18.0 Å². The fourth-order valence-corrected chi connectivity index (χ4v) is 2.93. The van der Waals surface area contributed by atoms with Gasteiger partial charge >= 0.3 is 0 Å². The molecule has 0 bridgehead atoms. The van der Waals surface area contributed by atoms with Crippen LogP contribution in [0.25, 0.3) is 0 Å². The fourth-order valence-electron chi connectivity index (χ4n) is 2.93. The summed E-state index contributed by atoms with van der Waals surface area (Å²) in [7, 11) is 1.93. The first-order valence-corrected chi connectivity index (χ1v) is 7.33. The van der Waals surface area contributed by atoms with Crippen molar-refractivity contribution in [3.8, 4) is 0 Å². The highest BCUT2D eigenvalue weighted by atomic mass is 15.2. The fraction of sp³-hybridized carbons (Fsp3) is 0.733. The smallest absolute Gasteiger partial charge is 0.137 e. The molecule has 4 heteroatoms. The zero-order valence-corrected chi connectivity index (χ0v) is 12.8. The first-order chi connectivity index (χ1) is 9.04. The quantitative estimate of drug-likeness (QED) is 0.907. The van der Waals surface area contributed by atoms with E-state index in [0.29, 0.717) is 12.0 Å². The van der Waals surface area contributed by atoms with E-state index in [1.165, 1.54) is 18.4 Å². The van der Waals surface area contributed by atoms with Gasteiger partial charge in [0.15, 0.2) is 0 Å². The third-order valence-electron chi connectivity index (χ3n) is 4.07. The van der Waals surface area contributed by atoms with E-state index in [1.807, 2.05) is 7.05 Å². The lowest BCUT2D eigenvalue weighted by atomic mass is 9.93. The van der Waals surface area contributed by atoms with Gasteiger partial charge in [0.25, 0.3) is 0 Å². The molecule has 2 atom stereocenters. The van der Waals surface area contributed by atoms with Crippen molar-refractivity contribution in [3.05, 3.63) is 11.9 Å². The van der Waals surface area contributed by atoms with Crippen LogP contribution in [0.4, 0.5) is 11.6 Å². The summed E-state index contributed by atoms with van der Waals surface area (Å²) >= 11 is 0. The second-order valence-electron chi connectivity index (χ2n) is 6.05. The number of nitrogens with one attached hydrogen (secondary N) is 1. The molecule has 2 unspecified atom stereocenters. The van der Waals surface area contributed by atoms with E-state index in [0.717, 1.165) is 24.1 Å². The Morgan fingerprint density at radius 3 is 2.63 bits per heavy atom. The number of hydrogen-bond donors (Lipinski definition) is 1. The Balaban J connectivity index is 2.43. The largest absolute Gasteiger partial charge is 0.373 e. The summed E-state index contributed by atoms with van der Waals surface area (Å²) in [6.45, 7) is 10.1. The average Bonchev–Trinajstić information content (AvgIpc) is 2.40. The van der Waals surface area contributed by atoms with Crippen molar-refractivity contribution in [1.29, 1.82) is 0 Å². The lowest BCUT2D eigenvalue weighted by Gasteiger charge is -2.39. The summed E-state index contributed by atoms with van der Waals surface area (Å²) in [5, 5.41) is 3.20. The molecule has 0 aliphatic carbocycles. The van der Waals surface area contributed by atoms with Crippen molar-refractivity contribution in [2.75, 3.05) is 23.8 Å². The third-order valence-corrected chi connectivity index (χ3v) is 4.07. The van der Waals surface area contributed by atoms with Gasteiger partial charge in [0.2, 0.25) is 0 Å². The molecular weight excluding hydrogens is 236 g/mol. The Bertz CT molecular complexity index is 430. The normalized spacial score (nSPS) is 23.8. The second-order valence-corrected chi connectivity index (χ2v) is 6.05. The van der Waals surface area contributed by atoms with Gasteiger partial charge in [-0.15, -0.1) is 0 Å². The molecule has 106 valence electrons. The predicted molar refractivity (Wildman–Crippen MR) is 80.9 cm³/mol. The lowest BCUT2D eigenvalue weighted by molar-refractivity contribution is 0.387. The van der Waals surface area contributed by atoms with Crippen molar-refractivity contribution in [2.45, 2.75) is 52.5 Å². The molecular formula is C15H26N4. The molecule has 1 fully saturated rings. The molecule has 19 heavy (non-hydrogen) atoms. The highest BCUT2D eigenvalue weighted by Gasteiger charge is 2.27. The Labute approximate surface area is 116 Å². The van der Waals surface area contributed by atoms with Crippen LogP contribution in [0.3, 0.4) is 0 Å². The van der Waals surface area contributed by atoms with Gasteiger partial charge < -0.3 is 10.2 Å². The van der Waals surface area contributed by atoms with E-state index in [2.05, 4.69) is 47.9 Å². The van der Waals surface area contributed by atoms with Crippen molar-refractivity contribution < 1.29 is 0 Å². The lowest BCUT2D eigenvalue weighted by Crippen LogP contribution is -2.42. The second kappa shape index (κ2) is 5.76. The van der Waals surface area contributed by atoms with E-state index in [4.69, 9.17) is 0 Å². The minimum Gasteiger partial charge on any atom is -0.373 e. The molecule has 1 aromatic rings. The Morgan fingerprint density at radius 2 is 2.00 bits per heavy atom. The molecule has 2 rings (SSSR count). The van der Waals surface area contributed by atoms with Crippen LogP contribution in [-0.2, 0) is 0 Å². The Morgan fingerprint density at radius 1 is 1.26 bits per heavy atom. The van der Waals surface area contributed by atoms with Gasteiger partial charge in [0.05, 0.1) is 0 Å². The van der Waals surface area contributed by atoms with E-state index < -0.39 is 0 Å². The highest BCUT2D eigenvalue weighted by Crippen LogP contribution is 2.34. The summed E-state index contributed by atoms with van der Waals surface area (Å²) in [6.07, 6.45) is 4.25. The van der Waals surface area contributed by atoms with Gasteiger partial charge in [-0.25, -0.2) is 9.97 Å². The minimum atomic E-state index is 0.420. The van der Waals surface area contributed by atoms with Crippen LogP contribution >= 0.6 is 0 Å². The third kappa shape index (κ3) is 2.82.